The molecule has 5 heteroatoms. The van der Waals surface area contributed by atoms with Crippen molar-refractivity contribution in [3.63, 3.8) is 0 Å². The van der Waals surface area contributed by atoms with Crippen LogP contribution in [-0.4, -0.2) is 17.1 Å². The highest BCUT2D eigenvalue weighted by Gasteiger charge is 2.12. The summed E-state index contributed by atoms with van der Waals surface area (Å²) in [7, 11) is 1.47. The van der Waals surface area contributed by atoms with E-state index >= 15 is 0 Å². The van der Waals surface area contributed by atoms with Gasteiger partial charge in [-0.05, 0) is 5.56 Å². The van der Waals surface area contributed by atoms with Gasteiger partial charge < -0.3 is 4.74 Å². The van der Waals surface area contributed by atoms with Crippen LogP contribution in [0.15, 0.2) is 30.3 Å². The van der Waals surface area contributed by atoms with Crippen molar-refractivity contribution in [1.29, 1.82) is 0 Å². The Kier molecular flexibility index (Phi) is 3.82. The molecule has 3 nitrogen and oxygen atoms in total. The Bertz CT molecular complexity index is 494. The van der Waals surface area contributed by atoms with E-state index in [1.54, 1.807) is 0 Å². The average Bonchev–Trinajstić information content (AvgIpc) is 2.35. The molecule has 1 aromatic carbocycles. The van der Waals surface area contributed by atoms with Crippen LogP contribution in [0.4, 0.5) is 0 Å². The number of methoxy groups -OCH3 is 1. The molecule has 0 amide bonds. The number of rotatable bonds is 3. The molecule has 0 spiro atoms. The van der Waals surface area contributed by atoms with Crippen molar-refractivity contribution in [1.82, 2.24) is 9.97 Å². The van der Waals surface area contributed by atoms with Crippen molar-refractivity contribution in [2.45, 2.75) is 6.42 Å². The molecule has 0 saturated carbocycles. The molecule has 17 heavy (non-hydrogen) atoms. The summed E-state index contributed by atoms with van der Waals surface area (Å²) in [5, 5.41) is 0.649. The van der Waals surface area contributed by atoms with Crippen LogP contribution in [0.2, 0.25) is 10.3 Å². The number of ether oxygens (including phenoxy) is 1. The van der Waals surface area contributed by atoms with E-state index in [1.165, 1.54) is 7.11 Å². The van der Waals surface area contributed by atoms with Crippen LogP contribution in [0, 0.1) is 0 Å². The second-order valence-corrected chi connectivity index (χ2v) is 4.15. The highest BCUT2D eigenvalue weighted by atomic mass is 35.5. The van der Waals surface area contributed by atoms with Crippen molar-refractivity contribution < 1.29 is 4.74 Å². The van der Waals surface area contributed by atoms with Crippen LogP contribution < -0.4 is 4.74 Å². The largest absolute Gasteiger partial charge is 0.467 e. The van der Waals surface area contributed by atoms with Crippen molar-refractivity contribution in [2.24, 2.45) is 0 Å². The van der Waals surface area contributed by atoms with E-state index < -0.39 is 0 Å². The first-order chi connectivity index (χ1) is 8.20. The molecule has 1 heterocycles. The Morgan fingerprint density at radius 3 is 2.18 bits per heavy atom. The van der Waals surface area contributed by atoms with Gasteiger partial charge in [0.15, 0.2) is 0 Å². The van der Waals surface area contributed by atoms with E-state index in [2.05, 4.69) is 9.97 Å². The fourth-order valence-corrected chi connectivity index (χ4v) is 1.96. The van der Waals surface area contributed by atoms with Gasteiger partial charge in [0.2, 0.25) is 0 Å². The van der Waals surface area contributed by atoms with E-state index in [9.17, 15) is 0 Å². The van der Waals surface area contributed by atoms with Gasteiger partial charge in [-0.2, -0.15) is 9.97 Å². The van der Waals surface area contributed by atoms with E-state index in [0.29, 0.717) is 22.3 Å². The lowest BCUT2D eigenvalue weighted by molar-refractivity contribution is 0.379. The molecule has 0 bridgehead atoms. The first kappa shape index (κ1) is 12.1. The number of hydrogen-bond donors (Lipinski definition) is 0. The molecule has 2 rings (SSSR count). The number of nitrogens with zero attached hydrogens (tertiary/aromatic N) is 2. The lowest BCUT2D eigenvalue weighted by Crippen LogP contribution is -1.99. The molecule has 0 N–H and O–H groups in total. The summed E-state index contributed by atoms with van der Waals surface area (Å²) in [5.74, 6) is 0. The Labute approximate surface area is 109 Å². The molecular weight excluding hydrogens is 259 g/mol. The maximum Gasteiger partial charge on any atom is 0.318 e. The molecule has 0 saturated heterocycles. The van der Waals surface area contributed by atoms with Crippen LogP contribution in [0.5, 0.6) is 6.01 Å². The molecule has 88 valence electrons. The quantitative estimate of drug-likeness (QED) is 0.801. The zero-order valence-corrected chi connectivity index (χ0v) is 10.7. The van der Waals surface area contributed by atoms with Crippen LogP contribution in [-0.2, 0) is 6.42 Å². The van der Waals surface area contributed by atoms with Crippen molar-refractivity contribution >= 4 is 23.2 Å². The summed E-state index contributed by atoms with van der Waals surface area (Å²) in [6, 6.07) is 10.0. The molecule has 0 aliphatic rings. The summed E-state index contributed by atoms with van der Waals surface area (Å²) in [6.45, 7) is 0. The Balaban J connectivity index is 2.33. The fourth-order valence-electron chi connectivity index (χ4n) is 1.45. The number of benzene rings is 1. The number of aromatic nitrogens is 2. The SMILES string of the molecule is COc1nc(Cl)c(Cc2ccccc2)c(Cl)n1. The minimum atomic E-state index is 0.178. The zero-order valence-electron chi connectivity index (χ0n) is 9.15. The highest BCUT2D eigenvalue weighted by Crippen LogP contribution is 2.26. The van der Waals surface area contributed by atoms with E-state index in [1.807, 2.05) is 30.3 Å². The normalized spacial score (nSPS) is 10.3. The summed E-state index contributed by atoms with van der Waals surface area (Å²) >= 11 is 12.1. The minimum absolute atomic E-state index is 0.178. The van der Waals surface area contributed by atoms with Gasteiger partial charge in [0, 0.05) is 12.0 Å². The third kappa shape index (κ3) is 2.87. The summed E-state index contributed by atoms with van der Waals surface area (Å²) in [5.41, 5.74) is 1.81. The van der Waals surface area contributed by atoms with E-state index in [4.69, 9.17) is 27.9 Å². The maximum absolute atomic E-state index is 6.05. The molecule has 1 aromatic heterocycles. The van der Waals surface area contributed by atoms with Crippen molar-refractivity contribution in [3.8, 4) is 6.01 Å². The molecule has 0 fully saturated rings. The first-order valence-corrected chi connectivity index (χ1v) is 5.76. The van der Waals surface area contributed by atoms with Crippen LogP contribution in [0.25, 0.3) is 0 Å². The lowest BCUT2D eigenvalue weighted by Gasteiger charge is -2.07. The summed E-state index contributed by atoms with van der Waals surface area (Å²) in [6.07, 6.45) is 0.600. The fraction of sp³-hybridized carbons (Fsp3) is 0.167. The molecule has 0 aliphatic carbocycles. The smallest absolute Gasteiger partial charge is 0.318 e. The van der Waals surface area contributed by atoms with Gasteiger partial charge in [-0.25, -0.2) is 0 Å². The van der Waals surface area contributed by atoms with Gasteiger partial charge in [0.25, 0.3) is 0 Å². The molecule has 2 aromatic rings. The van der Waals surface area contributed by atoms with Crippen LogP contribution in [0.3, 0.4) is 0 Å². The average molecular weight is 269 g/mol. The highest BCUT2D eigenvalue weighted by molar-refractivity contribution is 6.34. The summed E-state index contributed by atoms with van der Waals surface area (Å²) < 4.78 is 4.89. The molecular formula is C12H10Cl2N2O. The van der Waals surface area contributed by atoms with Gasteiger partial charge in [-0.1, -0.05) is 53.5 Å². The monoisotopic (exact) mass is 268 g/mol. The minimum Gasteiger partial charge on any atom is -0.467 e. The number of hydrogen-bond acceptors (Lipinski definition) is 3. The standard InChI is InChI=1S/C12H10Cl2N2O/c1-17-12-15-10(13)9(11(14)16-12)7-8-5-3-2-4-6-8/h2-6H,7H2,1H3. The van der Waals surface area contributed by atoms with E-state index in [-0.39, 0.29) is 6.01 Å². The third-order valence-corrected chi connectivity index (χ3v) is 2.92. The Hall–Kier alpha value is -1.32. The van der Waals surface area contributed by atoms with Gasteiger partial charge >= 0.3 is 6.01 Å². The van der Waals surface area contributed by atoms with Gasteiger partial charge in [-0.15, -0.1) is 0 Å². The predicted molar refractivity (Wildman–Crippen MR) is 67.9 cm³/mol. The van der Waals surface area contributed by atoms with Crippen LogP contribution in [0.1, 0.15) is 11.1 Å². The van der Waals surface area contributed by atoms with Gasteiger partial charge in [0.1, 0.15) is 10.3 Å². The predicted octanol–water partition coefficient (Wildman–Crippen LogP) is 3.38. The second kappa shape index (κ2) is 5.34. The molecule has 0 radical (unpaired) electrons. The Morgan fingerprint density at radius 1 is 1.06 bits per heavy atom. The topological polar surface area (TPSA) is 35.0 Å². The lowest BCUT2D eigenvalue weighted by atomic mass is 10.1. The maximum atomic E-state index is 6.05. The van der Waals surface area contributed by atoms with Gasteiger partial charge in [0.05, 0.1) is 7.11 Å². The number of halogens is 2. The molecule has 0 unspecified atom stereocenters. The molecule has 0 aliphatic heterocycles. The summed E-state index contributed by atoms with van der Waals surface area (Å²) in [4.78, 5) is 7.99. The van der Waals surface area contributed by atoms with Crippen LogP contribution >= 0.6 is 23.2 Å². The molecule has 0 atom stereocenters. The zero-order chi connectivity index (χ0) is 12.3. The Morgan fingerprint density at radius 2 is 1.65 bits per heavy atom. The second-order valence-electron chi connectivity index (χ2n) is 3.43. The van der Waals surface area contributed by atoms with Gasteiger partial charge in [-0.3, -0.25) is 0 Å². The third-order valence-electron chi connectivity index (χ3n) is 2.29. The van der Waals surface area contributed by atoms with Crippen molar-refractivity contribution in [2.75, 3.05) is 7.11 Å². The first-order valence-electron chi connectivity index (χ1n) is 5.00. The van der Waals surface area contributed by atoms with E-state index in [0.717, 1.165) is 5.56 Å². The van der Waals surface area contributed by atoms with Crippen molar-refractivity contribution in [3.05, 3.63) is 51.8 Å².